The molecule has 1 rings (SSSR count). The molecule has 2 N–H and O–H groups in total. The van der Waals surface area contributed by atoms with E-state index in [1.165, 1.54) is 6.08 Å². The Balaban J connectivity index is 0.000000810. The summed E-state index contributed by atoms with van der Waals surface area (Å²) in [6, 6.07) is 0. The van der Waals surface area contributed by atoms with E-state index in [0.29, 0.717) is 5.28 Å². The third-order valence-corrected chi connectivity index (χ3v) is 1.02. The van der Waals surface area contributed by atoms with E-state index in [1.54, 1.807) is 0 Å². The number of hydrazone groups is 1. The van der Waals surface area contributed by atoms with Crippen molar-refractivity contribution < 1.29 is 5.21 Å². The average Bonchev–Trinajstić information content (AvgIpc) is 1.59. The van der Waals surface area contributed by atoms with Gasteiger partial charge in [-0.3, -0.25) is 5.21 Å². The molecule has 0 amide bonds. The number of halogens is 2. The van der Waals surface area contributed by atoms with Crippen molar-refractivity contribution in [1.82, 2.24) is 10.7 Å². The first-order chi connectivity index (χ1) is 4.18. The number of nitrogens with zero attached hydrogens (tertiary/aromatic N) is 2. The molecule has 0 unspecified atom stereocenters. The van der Waals surface area contributed by atoms with Crippen LogP contribution in [0, 0.1) is 0 Å². The molecule has 0 spiro atoms. The van der Waals surface area contributed by atoms with Gasteiger partial charge in [-0.05, 0) is 0 Å². The molecule has 1 aliphatic rings. The first-order valence-corrected chi connectivity index (χ1v) is 2.81. The van der Waals surface area contributed by atoms with E-state index < -0.39 is 0 Å². The second-order valence-electron chi connectivity index (χ2n) is 1.32. The van der Waals surface area contributed by atoms with E-state index in [9.17, 15) is 0 Å². The zero-order valence-corrected chi connectivity index (χ0v) is 8.69. The van der Waals surface area contributed by atoms with Crippen LogP contribution in [0.3, 0.4) is 0 Å². The van der Waals surface area contributed by atoms with Crippen LogP contribution in [0.4, 0.5) is 0 Å². The smallest absolute Gasteiger partial charge is 0.156 e. The quantitative estimate of drug-likeness (QED) is 0.431. The molecule has 0 fully saturated rings. The largest absolute Gasteiger partial charge is 0.253 e. The maximum absolute atomic E-state index is 8.57. The van der Waals surface area contributed by atoms with Crippen molar-refractivity contribution in [2.75, 3.05) is 0 Å². The molecule has 0 aromatic carbocycles. The Morgan fingerprint density at radius 2 is 2.20 bits per heavy atom. The predicted molar refractivity (Wildman–Crippen MR) is 39.7 cm³/mol. The van der Waals surface area contributed by atoms with Gasteiger partial charge < -0.3 is 0 Å². The van der Waals surface area contributed by atoms with E-state index in [4.69, 9.17) is 28.4 Å². The minimum atomic E-state index is 0. The monoisotopic (exact) mass is 190 g/mol. The molecule has 1 aliphatic heterocycles. The fourth-order valence-corrected chi connectivity index (χ4v) is 0.792. The maximum Gasteiger partial charge on any atom is 0.156 e. The van der Waals surface area contributed by atoms with Crippen molar-refractivity contribution in [2.24, 2.45) is 5.10 Å². The molecule has 0 bridgehead atoms. The molecule has 51 valence electrons. The summed E-state index contributed by atoms with van der Waals surface area (Å²) in [5, 5.41) is 12.7. The fraction of sp³-hybridized carbons (Fsp3) is 0. The zero-order chi connectivity index (χ0) is 6.85. The molecular weight excluding hydrogens is 188 g/mol. The van der Waals surface area contributed by atoms with Crippen molar-refractivity contribution in [3.63, 3.8) is 0 Å². The summed E-state index contributed by atoms with van der Waals surface area (Å²) in [6.07, 6.45) is 1.37. The zero-order valence-electron chi connectivity index (χ0n) is 5.17. The Kier molecular flexibility index (Phi) is 4.68. The minimum absolute atomic E-state index is 0. The Morgan fingerprint density at radius 1 is 1.60 bits per heavy atom. The standard InChI is InChI=1S/C3H3Cl2N3O.Na/c4-2-1-3(5)7-8(9)6-2;/h1,6,9H;. The van der Waals surface area contributed by atoms with Gasteiger partial charge in [0.25, 0.3) is 0 Å². The SMILES string of the molecule is ON1N=C(Cl)C=C(Cl)N1.[Na]. The maximum atomic E-state index is 8.57. The molecular formula is C3H3Cl2N3NaO. The first kappa shape index (κ1) is 10.6. The summed E-state index contributed by atoms with van der Waals surface area (Å²) in [7, 11) is 0. The summed E-state index contributed by atoms with van der Waals surface area (Å²) in [5.41, 5.74) is 2.25. The first-order valence-electron chi connectivity index (χ1n) is 2.05. The second kappa shape index (κ2) is 4.43. The second-order valence-corrected chi connectivity index (χ2v) is 2.11. The van der Waals surface area contributed by atoms with Gasteiger partial charge in [0.2, 0.25) is 0 Å². The number of nitrogens with one attached hydrogen (secondary N) is 1. The number of hydrazine groups is 1. The van der Waals surface area contributed by atoms with E-state index in [2.05, 4.69) is 10.5 Å². The topological polar surface area (TPSA) is 47.9 Å². The van der Waals surface area contributed by atoms with Gasteiger partial charge >= 0.3 is 0 Å². The summed E-state index contributed by atoms with van der Waals surface area (Å²) < 4.78 is 0. The van der Waals surface area contributed by atoms with Crippen LogP contribution in [-0.4, -0.2) is 45.2 Å². The number of hydrogen-bond acceptors (Lipinski definition) is 4. The summed E-state index contributed by atoms with van der Waals surface area (Å²) in [6.45, 7) is 0. The van der Waals surface area contributed by atoms with Crippen molar-refractivity contribution >= 4 is 57.9 Å². The number of rotatable bonds is 0. The molecule has 0 aliphatic carbocycles. The van der Waals surface area contributed by atoms with Crippen LogP contribution >= 0.6 is 23.2 Å². The van der Waals surface area contributed by atoms with E-state index in [-0.39, 0.29) is 39.9 Å². The minimum Gasteiger partial charge on any atom is -0.253 e. The van der Waals surface area contributed by atoms with Crippen molar-refractivity contribution in [2.45, 2.75) is 0 Å². The van der Waals surface area contributed by atoms with Crippen LogP contribution in [0.1, 0.15) is 0 Å². The van der Waals surface area contributed by atoms with Gasteiger partial charge in [0.05, 0.1) is 0 Å². The van der Waals surface area contributed by atoms with Crippen LogP contribution in [0.15, 0.2) is 16.3 Å². The molecule has 0 aromatic heterocycles. The molecule has 0 atom stereocenters. The van der Waals surface area contributed by atoms with Crippen LogP contribution in [0.2, 0.25) is 0 Å². The molecule has 0 saturated heterocycles. The Labute approximate surface area is 89.7 Å². The normalized spacial score (nSPS) is 16.5. The fourth-order valence-electron chi connectivity index (χ4n) is 0.377. The molecule has 10 heavy (non-hydrogen) atoms. The third kappa shape index (κ3) is 3.09. The predicted octanol–water partition coefficient (Wildman–Crippen LogP) is 0.447. The molecule has 0 saturated carbocycles. The Morgan fingerprint density at radius 3 is 2.60 bits per heavy atom. The molecule has 4 nitrogen and oxygen atoms in total. The Bertz CT molecular complexity index is 183. The molecule has 7 heteroatoms. The summed E-state index contributed by atoms with van der Waals surface area (Å²) in [5.74, 6) is 0. The van der Waals surface area contributed by atoms with Crippen LogP contribution in [0.5, 0.6) is 0 Å². The van der Waals surface area contributed by atoms with E-state index >= 15 is 0 Å². The molecule has 1 radical (unpaired) electrons. The van der Waals surface area contributed by atoms with Gasteiger partial charge in [-0.1, -0.05) is 28.5 Å². The number of hydrogen-bond donors (Lipinski definition) is 2. The van der Waals surface area contributed by atoms with Gasteiger partial charge in [-0.25, -0.2) is 5.43 Å². The Hall–Kier alpha value is 0.550. The van der Waals surface area contributed by atoms with E-state index in [0.717, 1.165) is 0 Å². The summed E-state index contributed by atoms with van der Waals surface area (Å²) >= 11 is 10.7. The summed E-state index contributed by atoms with van der Waals surface area (Å²) in [4.78, 5) is 0. The van der Waals surface area contributed by atoms with Crippen LogP contribution < -0.4 is 5.43 Å². The van der Waals surface area contributed by atoms with Gasteiger partial charge in [-0.15, -0.1) is 5.10 Å². The van der Waals surface area contributed by atoms with Gasteiger partial charge in [-0.2, -0.15) is 0 Å². The van der Waals surface area contributed by atoms with Crippen molar-refractivity contribution in [3.05, 3.63) is 11.2 Å². The number of allylic oxidation sites excluding steroid dienone is 1. The van der Waals surface area contributed by atoms with Crippen molar-refractivity contribution in [3.8, 4) is 0 Å². The average molecular weight is 191 g/mol. The van der Waals surface area contributed by atoms with Crippen LogP contribution in [-0.2, 0) is 0 Å². The third-order valence-electron chi connectivity index (χ3n) is 0.643. The van der Waals surface area contributed by atoms with Gasteiger partial charge in [0, 0.05) is 35.6 Å². The molecule has 1 heterocycles. The van der Waals surface area contributed by atoms with Gasteiger partial charge in [0.15, 0.2) is 5.17 Å². The van der Waals surface area contributed by atoms with E-state index in [1.807, 2.05) is 0 Å². The van der Waals surface area contributed by atoms with Crippen LogP contribution in [0.25, 0.3) is 0 Å². The molecule has 0 aromatic rings. The van der Waals surface area contributed by atoms with Crippen molar-refractivity contribution in [1.29, 1.82) is 0 Å². The van der Waals surface area contributed by atoms with Gasteiger partial charge in [0.1, 0.15) is 5.16 Å².